The van der Waals surface area contributed by atoms with Gasteiger partial charge < -0.3 is 0 Å². The molecule has 3 aromatic rings. The minimum atomic E-state index is 0.679. The minimum Gasteiger partial charge on any atom is -0.239 e. The second kappa shape index (κ2) is 4.17. The molecule has 1 aromatic heterocycles. The van der Waals surface area contributed by atoms with Crippen molar-refractivity contribution in [3.05, 3.63) is 54.6 Å². The highest BCUT2D eigenvalue weighted by molar-refractivity contribution is 5.67. The van der Waals surface area contributed by atoms with Gasteiger partial charge in [-0.3, -0.25) is 0 Å². The molecule has 0 aliphatic carbocycles. The number of tetrazole rings is 1. The van der Waals surface area contributed by atoms with Crippen LogP contribution in [0.2, 0.25) is 0 Å². The number of nitrogens with zero attached hydrogens (tertiary/aromatic N) is 3. The molecule has 0 amide bonds. The monoisotopic (exact) mass is 221 g/mol. The summed E-state index contributed by atoms with van der Waals surface area (Å²) in [6, 6.07) is 19.0. The van der Waals surface area contributed by atoms with E-state index in [1.807, 2.05) is 48.5 Å². The molecule has 0 unspecified atom stereocenters. The first kappa shape index (κ1) is 9.72. The summed E-state index contributed by atoms with van der Waals surface area (Å²) in [5.74, 6) is 0.679. The van der Waals surface area contributed by atoms with E-state index in [9.17, 15) is 0 Å². The van der Waals surface area contributed by atoms with Gasteiger partial charge in [-0.25, -0.2) is 5.10 Å². The van der Waals surface area contributed by atoms with Crippen LogP contribution in [0.3, 0.4) is 0 Å². The number of aromatic amines is 1. The van der Waals surface area contributed by atoms with E-state index in [0.717, 1.165) is 11.1 Å². The SMILES string of the molecule is [c]1ccc(-c2ccc(-c3nnn[nH]3)cc2)cc1. The van der Waals surface area contributed by atoms with Crippen LogP contribution >= 0.6 is 0 Å². The quantitative estimate of drug-likeness (QED) is 0.722. The van der Waals surface area contributed by atoms with Crippen LogP contribution in [0.5, 0.6) is 0 Å². The van der Waals surface area contributed by atoms with Gasteiger partial charge in [-0.05, 0) is 27.6 Å². The first-order valence-electron chi connectivity index (χ1n) is 5.24. The maximum Gasteiger partial charge on any atom is 0.179 e. The van der Waals surface area contributed by atoms with Gasteiger partial charge in [-0.15, -0.1) is 5.10 Å². The van der Waals surface area contributed by atoms with Crippen LogP contribution in [0, 0.1) is 6.07 Å². The van der Waals surface area contributed by atoms with E-state index >= 15 is 0 Å². The first-order chi connectivity index (χ1) is 8.43. The summed E-state index contributed by atoms with van der Waals surface area (Å²) in [6.45, 7) is 0. The smallest absolute Gasteiger partial charge is 0.179 e. The Balaban J connectivity index is 1.96. The Morgan fingerprint density at radius 2 is 1.47 bits per heavy atom. The molecular weight excluding hydrogens is 212 g/mol. The molecule has 0 spiro atoms. The molecule has 4 heteroatoms. The van der Waals surface area contributed by atoms with E-state index in [2.05, 4.69) is 26.7 Å². The number of H-pyrrole nitrogens is 1. The van der Waals surface area contributed by atoms with Crippen molar-refractivity contribution in [2.75, 3.05) is 0 Å². The normalized spacial score (nSPS) is 10.4. The van der Waals surface area contributed by atoms with Gasteiger partial charge >= 0.3 is 0 Å². The Hall–Kier alpha value is -2.49. The van der Waals surface area contributed by atoms with Crippen LogP contribution in [0.25, 0.3) is 22.5 Å². The largest absolute Gasteiger partial charge is 0.239 e. The third-order valence-electron chi connectivity index (χ3n) is 2.56. The molecule has 4 nitrogen and oxygen atoms in total. The molecule has 3 rings (SSSR count). The molecule has 1 N–H and O–H groups in total. The van der Waals surface area contributed by atoms with Gasteiger partial charge in [0.1, 0.15) is 0 Å². The average molecular weight is 221 g/mol. The number of aromatic nitrogens is 4. The summed E-state index contributed by atoms with van der Waals surface area (Å²) in [6.07, 6.45) is 0. The standard InChI is InChI=1S/C13H9N4/c1-2-4-10(5-3-1)11-6-8-12(9-7-11)13-14-16-17-15-13/h2-9H,(H,14,15,16,17). The first-order valence-corrected chi connectivity index (χ1v) is 5.24. The summed E-state index contributed by atoms with van der Waals surface area (Å²) >= 11 is 0. The van der Waals surface area contributed by atoms with E-state index in [0.29, 0.717) is 5.82 Å². The number of nitrogens with one attached hydrogen (secondary N) is 1. The maximum atomic E-state index is 3.87. The van der Waals surface area contributed by atoms with Crippen molar-refractivity contribution >= 4 is 0 Å². The van der Waals surface area contributed by atoms with Crippen LogP contribution in [0.1, 0.15) is 0 Å². The number of rotatable bonds is 2. The Labute approximate surface area is 98.3 Å². The van der Waals surface area contributed by atoms with Crippen LogP contribution in [-0.4, -0.2) is 20.6 Å². The molecule has 0 atom stereocenters. The van der Waals surface area contributed by atoms with Crippen molar-refractivity contribution in [2.24, 2.45) is 0 Å². The third kappa shape index (κ3) is 1.92. The zero-order valence-electron chi connectivity index (χ0n) is 8.96. The van der Waals surface area contributed by atoms with Crippen molar-refractivity contribution in [2.45, 2.75) is 0 Å². The molecule has 0 aliphatic heterocycles. The fourth-order valence-electron chi connectivity index (χ4n) is 1.68. The van der Waals surface area contributed by atoms with Crippen LogP contribution in [0.15, 0.2) is 48.5 Å². The summed E-state index contributed by atoms with van der Waals surface area (Å²) in [7, 11) is 0. The Morgan fingerprint density at radius 3 is 2.12 bits per heavy atom. The highest BCUT2D eigenvalue weighted by Gasteiger charge is 2.02. The van der Waals surface area contributed by atoms with Crippen molar-refractivity contribution in [3.8, 4) is 22.5 Å². The average Bonchev–Trinajstić information content (AvgIpc) is 2.94. The highest BCUT2D eigenvalue weighted by atomic mass is 15.5. The molecule has 0 saturated carbocycles. The lowest BCUT2D eigenvalue weighted by Crippen LogP contribution is -1.82. The second-order valence-corrected chi connectivity index (χ2v) is 3.62. The lowest BCUT2D eigenvalue weighted by atomic mass is 10.0. The number of benzene rings is 2. The fraction of sp³-hybridized carbons (Fsp3) is 0. The molecule has 0 saturated heterocycles. The highest BCUT2D eigenvalue weighted by Crippen LogP contribution is 2.21. The summed E-state index contributed by atoms with van der Waals surface area (Å²) in [5.41, 5.74) is 3.31. The number of hydrogen-bond acceptors (Lipinski definition) is 3. The molecule has 0 fully saturated rings. The molecule has 1 radical (unpaired) electrons. The van der Waals surface area contributed by atoms with E-state index in [4.69, 9.17) is 0 Å². The van der Waals surface area contributed by atoms with E-state index in [1.54, 1.807) is 0 Å². The molecule has 0 aliphatic rings. The zero-order valence-corrected chi connectivity index (χ0v) is 8.96. The van der Waals surface area contributed by atoms with Gasteiger partial charge in [0.2, 0.25) is 0 Å². The lowest BCUT2D eigenvalue weighted by molar-refractivity contribution is 0.881. The molecule has 81 valence electrons. The second-order valence-electron chi connectivity index (χ2n) is 3.62. The zero-order chi connectivity index (χ0) is 11.5. The molecule has 0 bridgehead atoms. The van der Waals surface area contributed by atoms with Gasteiger partial charge in [-0.1, -0.05) is 48.5 Å². The van der Waals surface area contributed by atoms with Gasteiger partial charge in [0.05, 0.1) is 0 Å². The van der Waals surface area contributed by atoms with Crippen molar-refractivity contribution in [1.82, 2.24) is 20.6 Å². The van der Waals surface area contributed by atoms with Crippen molar-refractivity contribution < 1.29 is 0 Å². The van der Waals surface area contributed by atoms with E-state index < -0.39 is 0 Å². The van der Waals surface area contributed by atoms with Crippen LogP contribution in [-0.2, 0) is 0 Å². The van der Waals surface area contributed by atoms with Gasteiger partial charge in [0.15, 0.2) is 5.82 Å². The molecular formula is C13H9N4. The van der Waals surface area contributed by atoms with Crippen LogP contribution < -0.4 is 0 Å². The Morgan fingerprint density at radius 1 is 0.824 bits per heavy atom. The summed E-state index contributed by atoms with van der Waals surface area (Å²) in [5, 5.41) is 13.7. The van der Waals surface area contributed by atoms with E-state index in [-0.39, 0.29) is 0 Å². The van der Waals surface area contributed by atoms with Gasteiger partial charge in [0, 0.05) is 5.56 Å². The predicted octanol–water partition coefficient (Wildman–Crippen LogP) is 2.33. The number of hydrogen-bond donors (Lipinski definition) is 1. The van der Waals surface area contributed by atoms with Crippen molar-refractivity contribution in [3.63, 3.8) is 0 Å². The minimum absolute atomic E-state index is 0.679. The Kier molecular flexibility index (Phi) is 2.38. The maximum absolute atomic E-state index is 3.87. The van der Waals surface area contributed by atoms with E-state index in [1.165, 1.54) is 5.56 Å². The summed E-state index contributed by atoms with van der Waals surface area (Å²) in [4.78, 5) is 0. The van der Waals surface area contributed by atoms with Crippen molar-refractivity contribution in [1.29, 1.82) is 0 Å². The van der Waals surface area contributed by atoms with Crippen LogP contribution in [0.4, 0.5) is 0 Å². The Bertz CT molecular complexity index is 585. The lowest BCUT2D eigenvalue weighted by Gasteiger charge is -2.01. The van der Waals surface area contributed by atoms with Gasteiger partial charge in [-0.2, -0.15) is 0 Å². The molecule has 17 heavy (non-hydrogen) atoms. The fourth-order valence-corrected chi connectivity index (χ4v) is 1.68. The third-order valence-corrected chi connectivity index (χ3v) is 2.56. The summed E-state index contributed by atoms with van der Waals surface area (Å²) < 4.78 is 0. The molecule has 2 aromatic carbocycles. The molecule has 1 heterocycles. The van der Waals surface area contributed by atoms with Gasteiger partial charge in [0.25, 0.3) is 0 Å². The topological polar surface area (TPSA) is 54.5 Å². The predicted molar refractivity (Wildman–Crippen MR) is 63.9 cm³/mol.